The Morgan fingerprint density at radius 3 is 2.48 bits per heavy atom. The molecule has 0 saturated carbocycles. The molecule has 0 spiro atoms. The van der Waals surface area contributed by atoms with Crippen LogP contribution in [0.3, 0.4) is 0 Å². The first-order valence-electron chi connectivity index (χ1n) is 8.93. The van der Waals surface area contributed by atoms with Gasteiger partial charge in [0.05, 0.1) is 6.04 Å². The van der Waals surface area contributed by atoms with Crippen molar-refractivity contribution in [1.29, 1.82) is 0 Å². The molecule has 1 fully saturated rings. The van der Waals surface area contributed by atoms with Crippen LogP contribution < -0.4 is 10.6 Å². The largest absolute Gasteiger partial charge is 0.325 e. The maximum atomic E-state index is 12.0. The molecule has 0 aromatic heterocycles. The molecule has 0 bridgehead atoms. The SMILES string of the molecule is CCCCCCCCc1ccc(NC(=O)[C@H]2CCCN2)cc1.Cl. The lowest BCUT2D eigenvalue weighted by Gasteiger charge is -2.11. The summed E-state index contributed by atoms with van der Waals surface area (Å²) in [4.78, 5) is 12.0. The maximum absolute atomic E-state index is 12.0. The van der Waals surface area contributed by atoms with Crippen molar-refractivity contribution in [2.45, 2.75) is 70.8 Å². The number of carbonyl (C=O) groups excluding carboxylic acids is 1. The second-order valence-corrected chi connectivity index (χ2v) is 6.35. The topological polar surface area (TPSA) is 41.1 Å². The van der Waals surface area contributed by atoms with Gasteiger partial charge in [-0.2, -0.15) is 0 Å². The molecule has 3 nitrogen and oxygen atoms in total. The monoisotopic (exact) mass is 338 g/mol. The van der Waals surface area contributed by atoms with Crippen LogP contribution in [0.25, 0.3) is 0 Å². The molecule has 0 unspecified atom stereocenters. The Kier molecular flexibility index (Phi) is 9.97. The van der Waals surface area contributed by atoms with Crippen molar-refractivity contribution in [3.63, 3.8) is 0 Å². The van der Waals surface area contributed by atoms with E-state index in [1.165, 1.54) is 44.1 Å². The molecule has 1 aliphatic heterocycles. The van der Waals surface area contributed by atoms with E-state index in [1.807, 2.05) is 12.1 Å². The first kappa shape index (κ1) is 20.0. The molecule has 1 aromatic carbocycles. The number of amides is 1. The van der Waals surface area contributed by atoms with Crippen molar-refractivity contribution < 1.29 is 4.79 Å². The standard InChI is InChI=1S/C19H30N2O.ClH/c1-2-3-4-5-6-7-9-16-11-13-17(14-12-16)21-19(22)18-10-8-15-20-18;/h11-14,18,20H,2-10,15H2,1H3,(H,21,22);1H/t18-;/m1./s1. The van der Waals surface area contributed by atoms with Crippen molar-refractivity contribution in [1.82, 2.24) is 5.32 Å². The lowest BCUT2D eigenvalue weighted by Crippen LogP contribution is -2.35. The van der Waals surface area contributed by atoms with E-state index in [2.05, 4.69) is 29.7 Å². The van der Waals surface area contributed by atoms with Crippen molar-refractivity contribution in [2.24, 2.45) is 0 Å². The number of benzene rings is 1. The van der Waals surface area contributed by atoms with E-state index in [9.17, 15) is 4.79 Å². The van der Waals surface area contributed by atoms with Crippen molar-refractivity contribution >= 4 is 24.0 Å². The third kappa shape index (κ3) is 7.36. The molecule has 1 amide bonds. The third-order valence-corrected chi connectivity index (χ3v) is 4.42. The summed E-state index contributed by atoms with van der Waals surface area (Å²) < 4.78 is 0. The highest BCUT2D eigenvalue weighted by molar-refractivity contribution is 5.95. The highest BCUT2D eigenvalue weighted by Crippen LogP contribution is 2.15. The van der Waals surface area contributed by atoms with E-state index >= 15 is 0 Å². The molecular formula is C19H31ClN2O. The quantitative estimate of drug-likeness (QED) is 0.641. The average Bonchev–Trinajstić information content (AvgIpc) is 3.07. The Labute approximate surface area is 147 Å². The molecule has 1 aromatic rings. The predicted octanol–water partition coefficient (Wildman–Crippen LogP) is 4.70. The lowest BCUT2D eigenvalue weighted by atomic mass is 10.0. The Balaban J connectivity index is 0.00000264. The Morgan fingerprint density at radius 2 is 1.83 bits per heavy atom. The number of rotatable bonds is 9. The molecule has 1 atom stereocenters. The van der Waals surface area contributed by atoms with E-state index in [0.717, 1.165) is 31.5 Å². The van der Waals surface area contributed by atoms with Crippen LogP contribution in [0.2, 0.25) is 0 Å². The van der Waals surface area contributed by atoms with E-state index < -0.39 is 0 Å². The van der Waals surface area contributed by atoms with Crippen molar-refractivity contribution in [3.05, 3.63) is 29.8 Å². The van der Waals surface area contributed by atoms with Gasteiger partial charge in [0, 0.05) is 5.69 Å². The van der Waals surface area contributed by atoms with Crippen LogP contribution in [-0.2, 0) is 11.2 Å². The number of carbonyl (C=O) groups is 1. The number of anilines is 1. The van der Waals surface area contributed by atoms with E-state index in [0.29, 0.717) is 0 Å². The van der Waals surface area contributed by atoms with Crippen LogP contribution in [-0.4, -0.2) is 18.5 Å². The molecule has 4 heteroatoms. The molecule has 1 aliphatic rings. The highest BCUT2D eigenvalue weighted by atomic mass is 35.5. The van der Waals surface area contributed by atoms with Gasteiger partial charge in [-0.3, -0.25) is 4.79 Å². The fraction of sp³-hybridized carbons (Fsp3) is 0.632. The van der Waals surface area contributed by atoms with Gasteiger partial charge in [0.2, 0.25) is 5.91 Å². The summed E-state index contributed by atoms with van der Waals surface area (Å²) in [5.41, 5.74) is 2.28. The third-order valence-electron chi connectivity index (χ3n) is 4.42. The first-order chi connectivity index (χ1) is 10.8. The van der Waals surface area contributed by atoms with Gasteiger partial charge >= 0.3 is 0 Å². The highest BCUT2D eigenvalue weighted by Gasteiger charge is 2.21. The molecule has 2 N–H and O–H groups in total. The number of halogens is 1. The second-order valence-electron chi connectivity index (χ2n) is 6.35. The minimum absolute atomic E-state index is 0. The van der Waals surface area contributed by atoms with Gasteiger partial charge in [-0.25, -0.2) is 0 Å². The first-order valence-corrected chi connectivity index (χ1v) is 8.93. The molecule has 0 aliphatic carbocycles. The summed E-state index contributed by atoms with van der Waals surface area (Å²) in [6, 6.07) is 8.33. The van der Waals surface area contributed by atoms with Gasteiger partial charge in [0.25, 0.3) is 0 Å². The fourth-order valence-electron chi connectivity index (χ4n) is 3.00. The Bertz CT molecular complexity index is 441. The normalized spacial score (nSPS) is 16.8. The minimum Gasteiger partial charge on any atom is -0.325 e. The average molecular weight is 339 g/mol. The zero-order valence-corrected chi connectivity index (χ0v) is 15.1. The smallest absolute Gasteiger partial charge is 0.241 e. The summed E-state index contributed by atoms with van der Waals surface area (Å²) >= 11 is 0. The minimum atomic E-state index is -0.0113. The molecule has 2 rings (SSSR count). The van der Waals surface area contributed by atoms with Gasteiger partial charge in [-0.05, 0) is 49.9 Å². The number of aryl methyl sites for hydroxylation is 1. The van der Waals surface area contributed by atoms with Crippen LogP contribution in [0.15, 0.2) is 24.3 Å². The van der Waals surface area contributed by atoms with Crippen LogP contribution in [0, 0.1) is 0 Å². The second kappa shape index (κ2) is 11.5. The molecule has 23 heavy (non-hydrogen) atoms. The predicted molar refractivity (Wildman–Crippen MR) is 100 cm³/mol. The summed E-state index contributed by atoms with van der Waals surface area (Å²) in [6.07, 6.45) is 11.2. The van der Waals surface area contributed by atoms with Crippen molar-refractivity contribution in [3.8, 4) is 0 Å². The zero-order chi connectivity index (χ0) is 15.6. The number of hydrogen-bond donors (Lipinski definition) is 2. The Hall–Kier alpha value is -1.06. The molecule has 130 valence electrons. The number of hydrogen-bond acceptors (Lipinski definition) is 2. The number of nitrogens with one attached hydrogen (secondary N) is 2. The fourth-order valence-corrected chi connectivity index (χ4v) is 3.00. The summed E-state index contributed by atoms with van der Waals surface area (Å²) in [5, 5.41) is 6.22. The lowest BCUT2D eigenvalue weighted by molar-refractivity contribution is -0.117. The van der Waals surface area contributed by atoms with Gasteiger partial charge in [0.1, 0.15) is 0 Å². The van der Waals surface area contributed by atoms with E-state index in [4.69, 9.17) is 0 Å². The van der Waals surface area contributed by atoms with Crippen molar-refractivity contribution in [2.75, 3.05) is 11.9 Å². The van der Waals surface area contributed by atoms with Crippen LogP contribution in [0.5, 0.6) is 0 Å². The van der Waals surface area contributed by atoms with Gasteiger partial charge in [0.15, 0.2) is 0 Å². The zero-order valence-electron chi connectivity index (χ0n) is 14.3. The number of unbranched alkanes of at least 4 members (excludes halogenated alkanes) is 5. The maximum Gasteiger partial charge on any atom is 0.241 e. The van der Waals surface area contributed by atoms with Gasteiger partial charge < -0.3 is 10.6 Å². The van der Waals surface area contributed by atoms with Gasteiger partial charge in [-0.15, -0.1) is 12.4 Å². The van der Waals surface area contributed by atoms with Crippen LogP contribution in [0.1, 0.15) is 63.9 Å². The molecule has 1 saturated heterocycles. The summed E-state index contributed by atoms with van der Waals surface area (Å²) in [6.45, 7) is 3.21. The molecule has 1 heterocycles. The summed E-state index contributed by atoms with van der Waals surface area (Å²) in [5.74, 6) is 0.0983. The molecule has 0 radical (unpaired) electrons. The Morgan fingerprint density at radius 1 is 1.13 bits per heavy atom. The van der Waals surface area contributed by atoms with E-state index in [-0.39, 0.29) is 24.4 Å². The molecular weight excluding hydrogens is 308 g/mol. The van der Waals surface area contributed by atoms with E-state index in [1.54, 1.807) is 0 Å². The van der Waals surface area contributed by atoms with Gasteiger partial charge in [-0.1, -0.05) is 51.2 Å². The van der Waals surface area contributed by atoms with Crippen LogP contribution >= 0.6 is 12.4 Å². The van der Waals surface area contributed by atoms with Crippen LogP contribution in [0.4, 0.5) is 5.69 Å². The summed E-state index contributed by atoms with van der Waals surface area (Å²) in [7, 11) is 0.